The minimum atomic E-state index is -0.519. The molecule has 1 aromatic heterocycles. The molecular formula is C24H24N4O4. The van der Waals surface area contributed by atoms with Gasteiger partial charge in [0.2, 0.25) is 0 Å². The first kappa shape index (κ1) is 21.2. The van der Waals surface area contributed by atoms with Crippen LogP contribution in [-0.4, -0.2) is 24.6 Å². The molecule has 1 aliphatic carbocycles. The Hall–Kier alpha value is -4.07. The average Bonchev–Trinajstić information content (AvgIpc) is 3.19. The predicted octanol–water partition coefficient (Wildman–Crippen LogP) is 3.82. The summed E-state index contributed by atoms with van der Waals surface area (Å²) in [5, 5.41) is 4.55. The van der Waals surface area contributed by atoms with Gasteiger partial charge >= 0.3 is 5.91 Å². The summed E-state index contributed by atoms with van der Waals surface area (Å²) in [7, 11) is 1.55. The van der Waals surface area contributed by atoms with Crippen molar-refractivity contribution < 1.29 is 18.7 Å². The lowest BCUT2D eigenvalue weighted by Crippen LogP contribution is -2.41. The van der Waals surface area contributed by atoms with E-state index in [0.717, 1.165) is 42.0 Å². The minimum absolute atomic E-state index is 0.166. The fourth-order valence-corrected chi connectivity index (χ4v) is 3.63. The molecule has 1 aliphatic rings. The quantitative estimate of drug-likeness (QED) is 0.532. The number of hydrogen-bond donors (Lipinski definition) is 3. The molecule has 32 heavy (non-hydrogen) atoms. The summed E-state index contributed by atoms with van der Waals surface area (Å²) < 4.78 is 10.9. The summed E-state index contributed by atoms with van der Waals surface area (Å²) in [5.74, 6) is 0.577. The van der Waals surface area contributed by atoms with Gasteiger partial charge in [-0.3, -0.25) is 25.9 Å². The molecule has 0 bridgehead atoms. The van der Waals surface area contributed by atoms with Crippen molar-refractivity contribution in [2.45, 2.75) is 26.2 Å². The van der Waals surface area contributed by atoms with Crippen LogP contribution in [0.25, 0.3) is 0 Å². The highest BCUT2D eigenvalue weighted by Gasteiger charge is 2.28. The van der Waals surface area contributed by atoms with E-state index in [1.165, 1.54) is 0 Å². The van der Waals surface area contributed by atoms with Gasteiger partial charge in [-0.2, -0.15) is 5.10 Å². The number of carbonyl (C=O) groups is 2. The number of nitrogens with zero attached hydrogens (tertiary/aromatic N) is 1. The van der Waals surface area contributed by atoms with Gasteiger partial charge < -0.3 is 9.15 Å². The Morgan fingerprint density at radius 3 is 2.41 bits per heavy atom. The van der Waals surface area contributed by atoms with E-state index >= 15 is 0 Å². The normalized spacial score (nSPS) is 13.9. The molecule has 3 aromatic rings. The van der Waals surface area contributed by atoms with Gasteiger partial charge in [-0.15, -0.1) is 0 Å². The SMILES string of the molecule is COc1ccc(C(=O)NNC(=O)c2oc3c(c2C)/C(=N/Nc2ccccc2)CCC3)cc1. The molecule has 2 aromatic carbocycles. The molecule has 0 spiro atoms. The molecule has 0 aliphatic heterocycles. The summed E-state index contributed by atoms with van der Waals surface area (Å²) in [6.45, 7) is 1.83. The van der Waals surface area contributed by atoms with E-state index in [1.807, 2.05) is 37.3 Å². The average molecular weight is 432 g/mol. The van der Waals surface area contributed by atoms with Crippen LogP contribution in [0, 0.1) is 6.92 Å². The summed E-state index contributed by atoms with van der Waals surface area (Å²) >= 11 is 0. The molecule has 8 nitrogen and oxygen atoms in total. The van der Waals surface area contributed by atoms with Crippen molar-refractivity contribution in [2.75, 3.05) is 12.5 Å². The fourth-order valence-electron chi connectivity index (χ4n) is 3.63. The van der Waals surface area contributed by atoms with Crippen LogP contribution in [0.4, 0.5) is 5.69 Å². The van der Waals surface area contributed by atoms with Gasteiger partial charge in [0.15, 0.2) is 5.76 Å². The Bertz CT molecular complexity index is 1150. The van der Waals surface area contributed by atoms with E-state index < -0.39 is 11.8 Å². The van der Waals surface area contributed by atoms with Crippen molar-refractivity contribution in [3.63, 3.8) is 0 Å². The van der Waals surface area contributed by atoms with E-state index in [9.17, 15) is 9.59 Å². The summed E-state index contributed by atoms with van der Waals surface area (Å²) in [6, 6.07) is 16.2. The van der Waals surface area contributed by atoms with Gasteiger partial charge in [0.05, 0.1) is 18.5 Å². The van der Waals surface area contributed by atoms with Crippen molar-refractivity contribution in [1.29, 1.82) is 0 Å². The second-order valence-electron chi connectivity index (χ2n) is 7.38. The number of rotatable bonds is 5. The van der Waals surface area contributed by atoms with Crippen LogP contribution < -0.4 is 21.0 Å². The van der Waals surface area contributed by atoms with Crippen molar-refractivity contribution in [3.8, 4) is 5.75 Å². The lowest BCUT2D eigenvalue weighted by molar-refractivity contribution is 0.0829. The van der Waals surface area contributed by atoms with E-state index in [-0.39, 0.29) is 5.76 Å². The number of benzene rings is 2. The number of amides is 2. The lowest BCUT2D eigenvalue weighted by Gasteiger charge is -2.13. The van der Waals surface area contributed by atoms with Crippen LogP contribution in [0.15, 0.2) is 64.1 Å². The maximum absolute atomic E-state index is 12.7. The fraction of sp³-hybridized carbons (Fsp3) is 0.208. The first-order valence-corrected chi connectivity index (χ1v) is 10.3. The number of methoxy groups -OCH3 is 1. The Kier molecular flexibility index (Phi) is 6.21. The summed E-state index contributed by atoms with van der Waals surface area (Å²) in [6.07, 6.45) is 2.39. The summed E-state index contributed by atoms with van der Waals surface area (Å²) in [4.78, 5) is 25.0. The van der Waals surface area contributed by atoms with Crippen LogP contribution >= 0.6 is 0 Å². The zero-order valence-electron chi connectivity index (χ0n) is 17.9. The van der Waals surface area contributed by atoms with Gasteiger partial charge in [-0.05, 0) is 56.2 Å². The molecule has 0 saturated carbocycles. The lowest BCUT2D eigenvalue weighted by atomic mass is 9.93. The Morgan fingerprint density at radius 2 is 1.69 bits per heavy atom. The molecule has 4 rings (SSSR count). The van der Waals surface area contributed by atoms with E-state index in [1.54, 1.807) is 31.4 Å². The molecule has 3 N–H and O–H groups in total. The second kappa shape index (κ2) is 9.38. The standard InChI is InChI=1S/C24H24N4O4/c1-15-21-19(26-25-17-7-4-3-5-8-17)9-6-10-20(21)32-22(15)24(30)28-27-23(29)16-11-13-18(31-2)14-12-16/h3-5,7-8,11-14,25H,6,9-10H2,1-2H3,(H,27,29)(H,28,30)/b26-19+. The first-order valence-electron chi connectivity index (χ1n) is 10.3. The number of carbonyl (C=O) groups excluding carboxylic acids is 2. The van der Waals surface area contributed by atoms with Crippen molar-refractivity contribution in [3.05, 3.63) is 82.8 Å². The number of anilines is 1. The molecule has 0 fully saturated rings. The van der Waals surface area contributed by atoms with Crippen LogP contribution in [-0.2, 0) is 6.42 Å². The van der Waals surface area contributed by atoms with Crippen LogP contribution in [0.3, 0.4) is 0 Å². The molecule has 0 unspecified atom stereocenters. The van der Waals surface area contributed by atoms with E-state index in [2.05, 4.69) is 21.4 Å². The van der Waals surface area contributed by atoms with Crippen LogP contribution in [0.1, 0.15) is 50.6 Å². The molecule has 0 saturated heterocycles. The zero-order valence-corrected chi connectivity index (χ0v) is 17.9. The number of aryl methyl sites for hydroxylation is 1. The maximum atomic E-state index is 12.7. The zero-order chi connectivity index (χ0) is 22.5. The molecule has 1 heterocycles. The van der Waals surface area contributed by atoms with E-state index in [0.29, 0.717) is 16.9 Å². The summed E-state index contributed by atoms with van der Waals surface area (Å²) in [5.41, 5.74) is 11.6. The van der Waals surface area contributed by atoms with E-state index in [4.69, 9.17) is 9.15 Å². The smallest absolute Gasteiger partial charge is 0.305 e. The predicted molar refractivity (Wildman–Crippen MR) is 121 cm³/mol. The number of para-hydroxylation sites is 1. The monoisotopic (exact) mass is 432 g/mol. The Morgan fingerprint density at radius 1 is 0.969 bits per heavy atom. The second-order valence-corrected chi connectivity index (χ2v) is 7.38. The highest BCUT2D eigenvalue weighted by atomic mass is 16.5. The number of hydrazone groups is 1. The highest BCUT2D eigenvalue weighted by Crippen LogP contribution is 2.30. The number of fused-ring (bicyclic) bond motifs is 1. The van der Waals surface area contributed by atoms with Gasteiger partial charge in [0.25, 0.3) is 5.91 Å². The Labute approximate surface area is 185 Å². The third-order valence-corrected chi connectivity index (χ3v) is 5.27. The van der Waals surface area contributed by atoms with Gasteiger partial charge in [0.1, 0.15) is 11.5 Å². The van der Waals surface area contributed by atoms with Gasteiger partial charge in [-0.25, -0.2) is 0 Å². The molecule has 0 atom stereocenters. The van der Waals surface area contributed by atoms with Gasteiger partial charge in [0, 0.05) is 23.1 Å². The number of hydrogen-bond acceptors (Lipinski definition) is 6. The molecule has 2 amide bonds. The maximum Gasteiger partial charge on any atom is 0.305 e. The van der Waals surface area contributed by atoms with Crippen molar-refractivity contribution in [2.24, 2.45) is 5.10 Å². The van der Waals surface area contributed by atoms with Gasteiger partial charge in [-0.1, -0.05) is 18.2 Å². The molecule has 8 heteroatoms. The number of hydrazine groups is 1. The first-order chi connectivity index (χ1) is 15.6. The minimum Gasteiger partial charge on any atom is -0.497 e. The largest absolute Gasteiger partial charge is 0.497 e. The molecule has 0 radical (unpaired) electrons. The third-order valence-electron chi connectivity index (χ3n) is 5.27. The third kappa shape index (κ3) is 4.49. The Balaban J connectivity index is 1.47. The van der Waals surface area contributed by atoms with Crippen LogP contribution in [0.2, 0.25) is 0 Å². The van der Waals surface area contributed by atoms with Crippen LogP contribution in [0.5, 0.6) is 5.75 Å². The molecule has 164 valence electrons. The molecular weight excluding hydrogens is 408 g/mol. The topological polar surface area (TPSA) is 105 Å². The van der Waals surface area contributed by atoms with Crippen molar-refractivity contribution >= 4 is 23.2 Å². The highest BCUT2D eigenvalue weighted by molar-refractivity contribution is 6.07. The van der Waals surface area contributed by atoms with Crippen molar-refractivity contribution in [1.82, 2.24) is 10.9 Å². The number of furan rings is 1. The number of nitrogens with one attached hydrogen (secondary N) is 3. The number of ether oxygens (including phenoxy) is 1.